The van der Waals surface area contributed by atoms with Crippen LogP contribution in [0.3, 0.4) is 0 Å². The van der Waals surface area contributed by atoms with Crippen LogP contribution in [-0.4, -0.2) is 14.5 Å². The van der Waals surface area contributed by atoms with Crippen molar-refractivity contribution in [1.82, 2.24) is 14.5 Å². The standard InChI is InChI=1S/C7H5BrClN3/c1-12-5-2-4(9)3-10-6(5)11-7(12)8/h2-3H,1H3. The maximum atomic E-state index is 5.78. The van der Waals surface area contributed by atoms with Gasteiger partial charge < -0.3 is 4.57 Å². The zero-order valence-corrected chi connectivity index (χ0v) is 8.59. The molecule has 3 nitrogen and oxygen atoms in total. The van der Waals surface area contributed by atoms with Crippen LogP contribution in [0.4, 0.5) is 0 Å². The molecule has 0 spiro atoms. The minimum atomic E-state index is 0.623. The molecule has 0 saturated carbocycles. The molecular formula is C7H5BrClN3. The molecule has 0 aliphatic heterocycles. The Morgan fingerprint density at radius 3 is 3.08 bits per heavy atom. The van der Waals surface area contributed by atoms with Crippen molar-refractivity contribution in [3.63, 3.8) is 0 Å². The Kier molecular flexibility index (Phi) is 1.81. The fourth-order valence-corrected chi connectivity index (χ4v) is 1.53. The molecule has 0 N–H and O–H groups in total. The van der Waals surface area contributed by atoms with E-state index in [1.165, 1.54) is 0 Å². The Balaban J connectivity index is 2.88. The van der Waals surface area contributed by atoms with Gasteiger partial charge in [-0.1, -0.05) is 11.6 Å². The van der Waals surface area contributed by atoms with Gasteiger partial charge in [-0.25, -0.2) is 9.97 Å². The number of aryl methyl sites for hydroxylation is 1. The first kappa shape index (κ1) is 8.01. The average Bonchev–Trinajstić information content (AvgIpc) is 2.31. The molecule has 0 fully saturated rings. The van der Waals surface area contributed by atoms with Gasteiger partial charge in [0.15, 0.2) is 10.4 Å². The van der Waals surface area contributed by atoms with Gasteiger partial charge in [0.1, 0.15) is 0 Å². The average molecular weight is 246 g/mol. The molecule has 62 valence electrons. The lowest BCUT2D eigenvalue weighted by Crippen LogP contribution is -1.86. The van der Waals surface area contributed by atoms with Crippen LogP contribution in [0.5, 0.6) is 0 Å². The summed E-state index contributed by atoms with van der Waals surface area (Å²) in [7, 11) is 1.90. The highest BCUT2D eigenvalue weighted by atomic mass is 79.9. The van der Waals surface area contributed by atoms with Crippen molar-refractivity contribution in [2.45, 2.75) is 0 Å². The first-order valence-electron chi connectivity index (χ1n) is 3.32. The third-order valence-corrected chi connectivity index (χ3v) is 2.57. The second kappa shape index (κ2) is 2.71. The molecule has 0 bridgehead atoms. The predicted molar refractivity (Wildman–Crippen MR) is 51.2 cm³/mol. The topological polar surface area (TPSA) is 30.7 Å². The molecule has 2 rings (SSSR count). The van der Waals surface area contributed by atoms with E-state index >= 15 is 0 Å². The summed E-state index contributed by atoms with van der Waals surface area (Å²) in [5.74, 6) is 0. The fourth-order valence-electron chi connectivity index (χ4n) is 1.02. The molecule has 5 heteroatoms. The highest BCUT2D eigenvalue weighted by molar-refractivity contribution is 9.10. The van der Waals surface area contributed by atoms with E-state index in [1.807, 2.05) is 17.7 Å². The lowest BCUT2D eigenvalue weighted by Gasteiger charge is -1.94. The zero-order chi connectivity index (χ0) is 8.72. The second-order valence-electron chi connectivity index (χ2n) is 2.44. The van der Waals surface area contributed by atoms with Crippen LogP contribution in [0.25, 0.3) is 11.2 Å². The Morgan fingerprint density at radius 2 is 2.33 bits per heavy atom. The normalized spacial score (nSPS) is 10.9. The molecule has 0 aliphatic rings. The zero-order valence-electron chi connectivity index (χ0n) is 6.25. The van der Waals surface area contributed by atoms with Gasteiger partial charge in [-0.15, -0.1) is 0 Å². The van der Waals surface area contributed by atoms with Crippen molar-refractivity contribution < 1.29 is 0 Å². The number of hydrogen-bond donors (Lipinski definition) is 0. The number of aromatic nitrogens is 3. The van der Waals surface area contributed by atoms with Gasteiger partial charge in [-0.2, -0.15) is 0 Å². The summed E-state index contributed by atoms with van der Waals surface area (Å²) in [6.07, 6.45) is 1.59. The summed E-state index contributed by atoms with van der Waals surface area (Å²) < 4.78 is 2.64. The number of pyridine rings is 1. The van der Waals surface area contributed by atoms with Gasteiger partial charge in [-0.05, 0) is 22.0 Å². The summed E-state index contributed by atoms with van der Waals surface area (Å²) >= 11 is 9.08. The highest BCUT2D eigenvalue weighted by Crippen LogP contribution is 2.19. The number of halogens is 2. The Labute approximate surface area is 82.5 Å². The van der Waals surface area contributed by atoms with Crippen molar-refractivity contribution in [2.75, 3.05) is 0 Å². The molecule has 2 aromatic rings. The van der Waals surface area contributed by atoms with Gasteiger partial charge in [0, 0.05) is 13.2 Å². The van der Waals surface area contributed by atoms with Crippen molar-refractivity contribution in [2.24, 2.45) is 7.05 Å². The quantitative estimate of drug-likeness (QED) is 0.714. The Morgan fingerprint density at radius 1 is 1.58 bits per heavy atom. The van der Waals surface area contributed by atoms with Crippen molar-refractivity contribution in [3.05, 3.63) is 22.0 Å². The molecule has 2 aromatic heterocycles. The lowest BCUT2D eigenvalue weighted by molar-refractivity contribution is 0.912. The van der Waals surface area contributed by atoms with E-state index < -0.39 is 0 Å². The van der Waals surface area contributed by atoms with Crippen LogP contribution < -0.4 is 0 Å². The summed E-state index contributed by atoms with van der Waals surface area (Å²) in [6.45, 7) is 0. The largest absolute Gasteiger partial charge is 0.320 e. The molecule has 0 aromatic carbocycles. The number of rotatable bonds is 0. The summed E-state index contributed by atoms with van der Waals surface area (Å²) in [4.78, 5) is 8.23. The second-order valence-corrected chi connectivity index (χ2v) is 3.58. The Bertz CT molecular complexity index is 437. The molecule has 0 atom stereocenters. The fraction of sp³-hybridized carbons (Fsp3) is 0.143. The number of hydrogen-bond acceptors (Lipinski definition) is 2. The van der Waals surface area contributed by atoms with E-state index in [0.29, 0.717) is 10.7 Å². The SMILES string of the molecule is Cn1c(Br)nc2ncc(Cl)cc21. The summed E-state index contributed by atoms with van der Waals surface area (Å²) in [6, 6.07) is 1.83. The third-order valence-electron chi connectivity index (χ3n) is 1.65. The van der Waals surface area contributed by atoms with Crippen molar-refractivity contribution in [3.8, 4) is 0 Å². The highest BCUT2D eigenvalue weighted by Gasteiger charge is 2.05. The lowest BCUT2D eigenvalue weighted by atomic mass is 10.4. The van der Waals surface area contributed by atoms with Crippen molar-refractivity contribution in [1.29, 1.82) is 0 Å². The minimum Gasteiger partial charge on any atom is -0.320 e. The molecule has 0 saturated heterocycles. The van der Waals surface area contributed by atoms with Crippen LogP contribution in [0.2, 0.25) is 5.02 Å². The predicted octanol–water partition coefficient (Wildman–Crippen LogP) is 2.38. The van der Waals surface area contributed by atoms with Gasteiger partial charge in [-0.3, -0.25) is 0 Å². The minimum absolute atomic E-state index is 0.623. The monoisotopic (exact) mass is 245 g/mol. The molecule has 2 heterocycles. The first-order chi connectivity index (χ1) is 5.68. The van der Waals surface area contributed by atoms with E-state index in [9.17, 15) is 0 Å². The first-order valence-corrected chi connectivity index (χ1v) is 4.49. The molecule has 0 radical (unpaired) electrons. The van der Waals surface area contributed by atoms with E-state index in [1.54, 1.807) is 6.20 Å². The summed E-state index contributed by atoms with van der Waals surface area (Å²) in [5, 5.41) is 0.623. The molecule has 0 unspecified atom stereocenters. The van der Waals surface area contributed by atoms with Gasteiger partial charge in [0.2, 0.25) is 0 Å². The van der Waals surface area contributed by atoms with Crippen LogP contribution in [0, 0.1) is 0 Å². The van der Waals surface area contributed by atoms with Gasteiger partial charge in [0.25, 0.3) is 0 Å². The molecule has 12 heavy (non-hydrogen) atoms. The van der Waals surface area contributed by atoms with Crippen LogP contribution in [-0.2, 0) is 7.05 Å². The summed E-state index contributed by atoms with van der Waals surface area (Å²) in [5.41, 5.74) is 1.63. The third kappa shape index (κ3) is 1.11. The number of imidazole rings is 1. The molecule has 0 amide bonds. The van der Waals surface area contributed by atoms with Gasteiger partial charge >= 0.3 is 0 Å². The smallest absolute Gasteiger partial charge is 0.179 e. The molecular weight excluding hydrogens is 241 g/mol. The van der Waals surface area contributed by atoms with E-state index in [-0.39, 0.29) is 0 Å². The number of nitrogens with zero attached hydrogens (tertiary/aromatic N) is 3. The maximum Gasteiger partial charge on any atom is 0.179 e. The molecule has 0 aliphatic carbocycles. The van der Waals surface area contributed by atoms with Gasteiger partial charge in [0.05, 0.1) is 10.5 Å². The van der Waals surface area contributed by atoms with E-state index in [2.05, 4.69) is 25.9 Å². The van der Waals surface area contributed by atoms with Crippen LogP contribution >= 0.6 is 27.5 Å². The maximum absolute atomic E-state index is 5.78. The Hall–Kier alpha value is -0.610. The van der Waals surface area contributed by atoms with E-state index in [0.717, 1.165) is 10.3 Å². The van der Waals surface area contributed by atoms with Crippen LogP contribution in [0.1, 0.15) is 0 Å². The van der Waals surface area contributed by atoms with E-state index in [4.69, 9.17) is 11.6 Å². The van der Waals surface area contributed by atoms with Crippen LogP contribution in [0.15, 0.2) is 17.0 Å². The van der Waals surface area contributed by atoms with Crippen molar-refractivity contribution >= 4 is 38.7 Å². The number of fused-ring (bicyclic) bond motifs is 1.